The Kier molecular flexibility index (Phi) is 2.41. The molecule has 1 heterocycles. The molecule has 0 spiro atoms. The van der Waals surface area contributed by atoms with E-state index in [0.717, 1.165) is 15.7 Å². The molecule has 0 saturated carbocycles. The molecule has 64 valence electrons. The van der Waals surface area contributed by atoms with Gasteiger partial charge in [-0.25, -0.2) is 0 Å². The van der Waals surface area contributed by atoms with Gasteiger partial charge in [-0.15, -0.1) is 0 Å². The Morgan fingerprint density at radius 3 is 2.38 bits per heavy atom. The summed E-state index contributed by atoms with van der Waals surface area (Å²) in [5.41, 5.74) is 2.12. The van der Waals surface area contributed by atoms with Gasteiger partial charge in [0, 0.05) is 16.2 Å². The molecule has 2 heteroatoms. The lowest BCUT2D eigenvalue weighted by atomic mass is 10.1. The first-order valence-electron chi connectivity index (χ1n) is 4.04. The Hall–Kier alpha value is -1.15. The quantitative estimate of drug-likeness (QED) is 0.735. The fourth-order valence-electron chi connectivity index (χ4n) is 1.19. The molecule has 1 aromatic heterocycles. The average molecular weight is 234 g/mol. The van der Waals surface area contributed by atoms with Crippen molar-refractivity contribution in [3.8, 4) is 11.3 Å². The summed E-state index contributed by atoms with van der Waals surface area (Å²) in [5, 5.41) is 0. The number of hydrogen-bond acceptors (Lipinski definition) is 1. The number of nitrogens with zero attached hydrogens (tertiary/aromatic N) is 1. The third kappa shape index (κ3) is 1.78. The molecule has 0 radical (unpaired) electrons. The molecule has 0 bridgehead atoms. The molecule has 0 aliphatic rings. The molecule has 1 aromatic carbocycles. The van der Waals surface area contributed by atoms with Gasteiger partial charge in [-0.2, -0.15) is 0 Å². The fraction of sp³-hybridized carbons (Fsp3) is 0. The van der Waals surface area contributed by atoms with Gasteiger partial charge >= 0.3 is 0 Å². The van der Waals surface area contributed by atoms with Crippen LogP contribution in [0.2, 0.25) is 0 Å². The van der Waals surface area contributed by atoms with Crippen LogP contribution in [0.1, 0.15) is 0 Å². The number of aromatic nitrogens is 1. The lowest BCUT2D eigenvalue weighted by molar-refractivity contribution is 1.31. The molecule has 0 N–H and O–H groups in total. The molecular formula is C11H8BrN. The fourth-order valence-corrected chi connectivity index (χ4v) is 1.68. The summed E-state index contributed by atoms with van der Waals surface area (Å²) in [6, 6.07) is 14.0. The van der Waals surface area contributed by atoms with Crippen LogP contribution in [0, 0.1) is 0 Å². The van der Waals surface area contributed by atoms with Crippen molar-refractivity contribution in [2.75, 3.05) is 0 Å². The second-order valence-electron chi connectivity index (χ2n) is 2.70. The van der Waals surface area contributed by atoms with Crippen molar-refractivity contribution in [1.29, 1.82) is 0 Å². The lowest BCUT2D eigenvalue weighted by Crippen LogP contribution is -1.82. The Morgan fingerprint density at radius 1 is 0.923 bits per heavy atom. The van der Waals surface area contributed by atoms with Crippen molar-refractivity contribution >= 4 is 15.9 Å². The minimum absolute atomic E-state index is 0.989. The van der Waals surface area contributed by atoms with Crippen molar-refractivity contribution in [2.24, 2.45) is 0 Å². The third-order valence-corrected chi connectivity index (χ3v) is 2.45. The standard InChI is InChI=1S/C11H8BrN/c12-10-7-4-8-13-11(10)9-5-2-1-3-6-9/h1-8H. The van der Waals surface area contributed by atoms with Crippen molar-refractivity contribution < 1.29 is 0 Å². The summed E-state index contributed by atoms with van der Waals surface area (Å²) in [4.78, 5) is 4.30. The maximum atomic E-state index is 4.30. The number of halogens is 1. The molecular weight excluding hydrogens is 226 g/mol. The van der Waals surface area contributed by atoms with E-state index < -0.39 is 0 Å². The van der Waals surface area contributed by atoms with Gasteiger partial charge in [0.05, 0.1) is 5.69 Å². The Morgan fingerprint density at radius 2 is 1.69 bits per heavy atom. The lowest BCUT2D eigenvalue weighted by Gasteiger charge is -2.01. The highest BCUT2D eigenvalue weighted by Gasteiger charge is 2.01. The average Bonchev–Trinajstić information content (AvgIpc) is 2.20. The highest BCUT2D eigenvalue weighted by molar-refractivity contribution is 9.10. The van der Waals surface area contributed by atoms with E-state index in [-0.39, 0.29) is 0 Å². The molecule has 2 rings (SSSR count). The third-order valence-electron chi connectivity index (χ3n) is 1.81. The van der Waals surface area contributed by atoms with E-state index >= 15 is 0 Å². The van der Waals surface area contributed by atoms with Crippen molar-refractivity contribution in [2.45, 2.75) is 0 Å². The molecule has 0 unspecified atom stereocenters. The zero-order valence-corrected chi connectivity index (χ0v) is 8.53. The van der Waals surface area contributed by atoms with Gasteiger partial charge in [-0.1, -0.05) is 30.3 Å². The van der Waals surface area contributed by atoms with Crippen LogP contribution in [0.15, 0.2) is 53.1 Å². The maximum absolute atomic E-state index is 4.30. The Labute approximate surface area is 85.6 Å². The van der Waals surface area contributed by atoms with Crippen LogP contribution >= 0.6 is 15.9 Å². The smallest absolute Gasteiger partial charge is 0.0843 e. The monoisotopic (exact) mass is 233 g/mol. The summed E-state index contributed by atoms with van der Waals surface area (Å²) in [7, 11) is 0. The van der Waals surface area contributed by atoms with Gasteiger partial charge in [-0.05, 0) is 28.1 Å². The first kappa shape index (κ1) is 8.45. The molecule has 0 fully saturated rings. The zero-order valence-electron chi connectivity index (χ0n) is 6.94. The highest BCUT2D eigenvalue weighted by Crippen LogP contribution is 2.24. The van der Waals surface area contributed by atoms with Crippen LogP contribution in [0.25, 0.3) is 11.3 Å². The molecule has 13 heavy (non-hydrogen) atoms. The van der Waals surface area contributed by atoms with Crippen LogP contribution in [0.4, 0.5) is 0 Å². The maximum Gasteiger partial charge on any atom is 0.0843 e. The van der Waals surface area contributed by atoms with Crippen molar-refractivity contribution in [3.63, 3.8) is 0 Å². The molecule has 1 nitrogen and oxygen atoms in total. The van der Waals surface area contributed by atoms with Gasteiger partial charge in [0.15, 0.2) is 0 Å². The highest BCUT2D eigenvalue weighted by atomic mass is 79.9. The number of benzene rings is 1. The minimum Gasteiger partial charge on any atom is -0.255 e. The van der Waals surface area contributed by atoms with Gasteiger partial charge in [0.1, 0.15) is 0 Å². The minimum atomic E-state index is 0.989. The summed E-state index contributed by atoms with van der Waals surface area (Å²) in [5.74, 6) is 0. The van der Waals surface area contributed by atoms with Crippen molar-refractivity contribution in [3.05, 3.63) is 53.1 Å². The summed E-state index contributed by atoms with van der Waals surface area (Å²) >= 11 is 3.47. The predicted molar refractivity (Wildman–Crippen MR) is 57.4 cm³/mol. The topological polar surface area (TPSA) is 12.9 Å². The van der Waals surface area contributed by atoms with Crippen LogP contribution in [0.3, 0.4) is 0 Å². The van der Waals surface area contributed by atoms with E-state index in [1.165, 1.54) is 0 Å². The van der Waals surface area contributed by atoms with Gasteiger partial charge in [0.2, 0.25) is 0 Å². The molecule has 0 saturated heterocycles. The second-order valence-corrected chi connectivity index (χ2v) is 3.55. The molecule has 0 aliphatic carbocycles. The molecule has 0 amide bonds. The predicted octanol–water partition coefficient (Wildman–Crippen LogP) is 3.51. The largest absolute Gasteiger partial charge is 0.255 e. The second kappa shape index (κ2) is 3.71. The SMILES string of the molecule is Brc1cccnc1-c1ccccc1. The molecule has 0 atom stereocenters. The Bertz CT molecular complexity index is 398. The van der Waals surface area contributed by atoms with Gasteiger partial charge in [0.25, 0.3) is 0 Å². The van der Waals surface area contributed by atoms with E-state index in [0.29, 0.717) is 0 Å². The summed E-state index contributed by atoms with van der Waals surface area (Å²) in [6.45, 7) is 0. The first-order valence-corrected chi connectivity index (χ1v) is 4.83. The van der Waals surface area contributed by atoms with Crippen LogP contribution in [0.5, 0.6) is 0 Å². The van der Waals surface area contributed by atoms with E-state index in [9.17, 15) is 0 Å². The molecule has 2 aromatic rings. The van der Waals surface area contributed by atoms with Crippen LogP contribution in [-0.4, -0.2) is 4.98 Å². The van der Waals surface area contributed by atoms with E-state index in [2.05, 4.69) is 20.9 Å². The zero-order chi connectivity index (χ0) is 9.10. The Balaban J connectivity index is 2.54. The van der Waals surface area contributed by atoms with E-state index in [1.54, 1.807) is 6.20 Å². The van der Waals surface area contributed by atoms with Crippen molar-refractivity contribution in [1.82, 2.24) is 4.98 Å². The van der Waals surface area contributed by atoms with Crippen LogP contribution < -0.4 is 0 Å². The van der Waals surface area contributed by atoms with E-state index in [1.807, 2.05) is 42.5 Å². The number of pyridine rings is 1. The van der Waals surface area contributed by atoms with Gasteiger partial charge < -0.3 is 0 Å². The summed E-state index contributed by atoms with van der Waals surface area (Å²) in [6.07, 6.45) is 1.80. The van der Waals surface area contributed by atoms with E-state index in [4.69, 9.17) is 0 Å². The first-order chi connectivity index (χ1) is 6.38. The van der Waals surface area contributed by atoms with Gasteiger partial charge in [-0.3, -0.25) is 4.98 Å². The molecule has 0 aliphatic heterocycles. The summed E-state index contributed by atoms with van der Waals surface area (Å²) < 4.78 is 1.03. The number of rotatable bonds is 1. The number of hydrogen-bond donors (Lipinski definition) is 0. The van der Waals surface area contributed by atoms with Crippen LogP contribution in [-0.2, 0) is 0 Å². The normalized spacial score (nSPS) is 9.92.